The largest absolute Gasteiger partial charge is 0.483 e. The molecule has 1 N–H and O–H groups in total. The number of carbonyl (C=O) groups excluding carboxylic acids is 1. The van der Waals surface area contributed by atoms with E-state index >= 15 is 0 Å². The van der Waals surface area contributed by atoms with Gasteiger partial charge in [0, 0.05) is 18.8 Å². The van der Waals surface area contributed by atoms with Crippen LogP contribution in [-0.2, 0) is 4.79 Å². The van der Waals surface area contributed by atoms with Crippen molar-refractivity contribution >= 4 is 11.6 Å². The quantitative estimate of drug-likeness (QED) is 0.783. The second-order valence-corrected chi connectivity index (χ2v) is 8.06. The number of piperidine rings is 1. The molecule has 1 aliphatic rings. The number of benzene rings is 2. The zero-order valence-corrected chi connectivity index (χ0v) is 17.5. The van der Waals surface area contributed by atoms with Crippen LogP contribution in [0.2, 0.25) is 0 Å². The molecule has 0 aliphatic carbocycles. The van der Waals surface area contributed by atoms with Crippen LogP contribution in [0.1, 0.15) is 49.4 Å². The van der Waals surface area contributed by atoms with Crippen LogP contribution < -0.4 is 15.0 Å². The van der Waals surface area contributed by atoms with Gasteiger partial charge in [-0.05, 0) is 74.4 Å². The number of amides is 1. The van der Waals surface area contributed by atoms with E-state index < -0.39 is 0 Å². The molecule has 1 aliphatic heterocycles. The maximum absolute atomic E-state index is 12.3. The molecule has 1 heterocycles. The predicted octanol–water partition coefficient (Wildman–Crippen LogP) is 4.80. The Labute approximate surface area is 168 Å². The van der Waals surface area contributed by atoms with Crippen LogP contribution >= 0.6 is 0 Å². The van der Waals surface area contributed by atoms with Crippen LogP contribution in [0.15, 0.2) is 42.5 Å². The van der Waals surface area contributed by atoms with Gasteiger partial charge in [0.05, 0.1) is 6.04 Å². The van der Waals surface area contributed by atoms with Crippen molar-refractivity contribution in [2.45, 2.75) is 46.6 Å². The Morgan fingerprint density at radius 1 is 1.21 bits per heavy atom. The third kappa shape index (κ3) is 5.06. The number of nitrogens with zero attached hydrogens (tertiary/aromatic N) is 1. The van der Waals surface area contributed by atoms with E-state index in [1.165, 1.54) is 18.5 Å². The third-order valence-electron chi connectivity index (χ3n) is 5.71. The summed E-state index contributed by atoms with van der Waals surface area (Å²) in [5, 5.41) is 3.03. The van der Waals surface area contributed by atoms with Gasteiger partial charge in [0.25, 0.3) is 5.91 Å². The highest BCUT2D eigenvalue weighted by atomic mass is 16.5. The smallest absolute Gasteiger partial charge is 0.258 e. The van der Waals surface area contributed by atoms with Gasteiger partial charge in [-0.15, -0.1) is 0 Å². The molecule has 1 saturated heterocycles. The SMILES string of the molecule is Cc1cccc(OCC(=O)N[C@@H](C)c2ccc(N3CCC[C@H](C)C3)cc2)c1C. The summed E-state index contributed by atoms with van der Waals surface area (Å²) in [5.41, 5.74) is 4.61. The van der Waals surface area contributed by atoms with E-state index in [2.05, 4.69) is 41.4 Å². The Kier molecular flexibility index (Phi) is 6.61. The van der Waals surface area contributed by atoms with Crippen molar-refractivity contribution in [3.8, 4) is 5.75 Å². The minimum absolute atomic E-state index is 0.0262. The normalized spacial score (nSPS) is 17.9. The van der Waals surface area contributed by atoms with E-state index in [-0.39, 0.29) is 18.6 Å². The van der Waals surface area contributed by atoms with Crippen molar-refractivity contribution < 1.29 is 9.53 Å². The number of aryl methyl sites for hydroxylation is 1. The first-order valence-electron chi connectivity index (χ1n) is 10.3. The zero-order chi connectivity index (χ0) is 20.1. The van der Waals surface area contributed by atoms with Gasteiger partial charge in [-0.25, -0.2) is 0 Å². The van der Waals surface area contributed by atoms with Crippen LogP contribution in [0.3, 0.4) is 0 Å². The molecule has 3 rings (SSSR count). The van der Waals surface area contributed by atoms with Crippen molar-refractivity contribution in [3.05, 3.63) is 59.2 Å². The average molecular weight is 381 g/mol. The average Bonchev–Trinajstić information content (AvgIpc) is 2.69. The summed E-state index contributed by atoms with van der Waals surface area (Å²) in [7, 11) is 0. The molecule has 2 aromatic rings. The van der Waals surface area contributed by atoms with Crippen molar-refractivity contribution in [1.82, 2.24) is 5.32 Å². The Bertz CT molecular complexity index is 801. The molecule has 0 unspecified atom stereocenters. The molecule has 4 nitrogen and oxygen atoms in total. The van der Waals surface area contributed by atoms with E-state index in [0.717, 1.165) is 41.4 Å². The lowest BCUT2D eigenvalue weighted by Gasteiger charge is -2.33. The molecule has 1 amide bonds. The summed E-state index contributed by atoms with van der Waals surface area (Å²) in [6.45, 7) is 10.7. The minimum atomic E-state index is -0.109. The molecule has 2 atom stereocenters. The molecular weight excluding hydrogens is 348 g/mol. The standard InChI is InChI=1S/C24H32N2O2/c1-17-7-6-14-26(15-17)22-12-10-21(11-13-22)20(4)25-24(27)16-28-23-9-5-8-18(2)19(23)3/h5,8-13,17,20H,6-7,14-16H2,1-4H3,(H,25,27)/t17-,20-/m0/s1. The number of hydrogen-bond donors (Lipinski definition) is 1. The highest BCUT2D eigenvalue weighted by Gasteiger charge is 2.17. The Morgan fingerprint density at radius 2 is 1.96 bits per heavy atom. The highest BCUT2D eigenvalue weighted by molar-refractivity contribution is 5.78. The first-order chi connectivity index (χ1) is 13.4. The number of rotatable bonds is 6. The summed E-state index contributed by atoms with van der Waals surface area (Å²) in [5.74, 6) is 1.41. The Balaban J connectivity index is 1.53. The van der Waals surface area contributed by atoms with Gasteiger partial charge in [-0.1, -0.05) is 31.2 Å². The first-order valence-corrected chi connectivity index (χ1v) is 10.3. The number of anilines is 1. The zero-order valence-electron chi connectivity index (χ0n) is 17.5. The lowest BCUT2D eigenvalue weighted by atomic mass is 9.99. The monoisotopic (exact) mass is 380 g/mol. The van der Waals surface area contributed by atoms with Gasteiger partial charge in [-0.2, -0.15) is 0 Å². The Hall–Kier alpha value is -2.49. The molecule has 2 aromatic carbocycles. The molecule has 0 bridgehead atoms. The maximum atomic E-state index is 12.3. The van der Waals surface area contributed by atoms with Crippen LogP contribution in [-0.4, -0.2) is 25.6 Å². The van der Waals surface area contributed by atoms with E-state index in [9.17, 15) is 4.79 Å². The van der Waals surface area contributed by atoms with Crippen molar-refractivity contribution in [2.24, 2.45) is 5.92 Å². The van der Waals surface area contributed by atoms with Gasteiger partial charge >= 0.3 is 0 Å². The molecule has 0 aromatic heterocycles. The summed E-state index contributed by atoms with van der Waals surface area (Å²) in [4.78, 5) is 14.8. The first kappa shape index (κ1) is 20.2. The number of hydrogen-bond acceptors (Lipinski definition) is 3. The van der Waals surface area contributed by atoms with Crippen molar-refractivity contribution in [3.63, 3.8) is 0 Å². The fourth-order valence-corrected chi connectivity index (χ4v) is 3.79. The van der Waals surface area contributed by atoms with E-state index in [0.29, 0.717) is 0 Å². The Morgan fingerprint density at radius 3 is 2.68 bits per heavy atom. The van der Waals surface area contributed by atoms with Gasteiger partial charge in [0.2, 0.25) is 0 Å². The van der Waals surface area contributed by atoms with Gasteiger partial charge in [0.1, 0.15) is 5.75 Å². The summed E-state index contributed by atoms with van der Waals surface area (Å²) in [6, 6.07) is 14.4. The molecular formula is C24H32N2O2. The molecule has 28 heavy (non-hydrogen) atoms. The van der Waals surface area contributed by atoms with Gasteiger partial charge in [-0.3, -0.25) is 4.79 Å². The minimum Gasteiger partial charge on any atom is -0.483 e. The van der Waals surface area contributed by atoms with E-state index in [1.54, 1.807) is 0 Å². The highest BCUT2D eigenvalue weighted by Crippen LogP contribution is 2.25. The molecule has 1 fully saturated rings. The fraction of sp³-hybridized carbons (Fsp3) is 0.458. The van der Waals surface area contributed by atoms with Crippen molar-refractivity contribution in [1.29, 1.82) is 0 Å². The van der Waals surface area contributed by atoms with Crippen LogP contribution in [0.5, 0.6) is 5.75 Å². The summed E-state index contributed by atoms with van der Waals surface area (Å²) in [6.07, 6.45) is 2.58. The second-order valence-electron chi connectivity index (χ2n) is 8.06. The number of carbonyl (C=O) groups is 1. The van der Waals surface area contributed by atoms with E-state index in [4.69, 9.17) is 4.74 Å². The fourth-order valence-electron chi connectivity index (χ4n) is 3.79. The van der Waals surface area contributed by atoms with Gasteiger partial charge < -0.3 is 15.0 Å². The molecule has 0 radical (unpaired) electrons. The molecule has 0 saturated carbocycles. The van der Waals surface area contributed by atoms with E-state index in [1.807, 2.05) is 39.0 Å². The van der Waals surface area contributed by atoms with Crippen molar-refractivity contribution in [2.75, 3.05) is 24.6 Å². The van der Waals surface area contributed by atoms with Crippen LogP contribution in [0.25, 0.3) is 0 Å². The van der Waals surface area contributed by atoms with Gasteiger partial charge in [0.15, 0.2) is 6.61 Å². The van der Waals surface area contributed by atoms with Crippen LogP contribution in [0, 0.1) is 19.8 Å². The molecule has 4 heteroatoms. The summed E-state index contributed by atoms with van der Waals surface area (Å²) < 4.78 is 5.71. The molecule has 150 valence electrons. The lowest BCUT2D eigenvalue weighted by molar-refractivity contribution is -0.123. The lowest BCUT2D eigenvalue weighted by Crippen LogP contribution is -2.34. The predicted molar refractivity (Wildman–Crippen MR) is 115 cm³/mol. The molecule has 0 spiro atoms. The maximum Gasteiger partial charge on any atom is 0.258 e. The van der Waals surface area contributed by atoms with Crippen LogP contribution in [0.4, 0.5) is 5.69 Å². The topological polar surface area (TPSA) is 41.6 Å². The third-order valence-corrected chi connectivity index (χ3v) is 5.71. The number of nitrogens with one attached hydrogen (secondary N) is 1. The summed E-state index contributed by atoms with van der Waals surface area (Å²) >= 11 is 0. The number of ether oxygens (including phenoxy) is 1. The second kappa shape index (κ2) is 9.13.